The predicted octanol–water partition coefficient (Wildman–Crippen LogP) is 0.351. The summed E-state index contributed by atoms with van der Waals surface area (Å²) in [4.78, 5) is 25.8. The minimum atomic E-state index is -3.15. The molecule has 3 aliphatic rings. The van der Waals surface area contributed by atoms with Crippen LogP contribution in [0.5, 0.6) is 0 Å². The Morgan fingerprint density at radius 2 is 1.70 bits per heavy atom. The van der Waals surface area contributed by atoms with Crippen molar-refractivity contribution in [3.05, 3.63) is 18.1 Å². The van der Waals surface area contributed by atoms with E-state index in [0.29, 0.717) is 37.8 Å². The summed E-state index contributed by atoms with van der Waals surface area (Å²) in [5.74, 6) is 2.12. The van der Waals surface area contributed by atoms with Gasteiger partial charge >= 0.3 is 0 Å². The SMILES string of the molecule is Cc1cc(N2CC3CN(C(=O)C4CCN(S(C)(=O)=O)CC4)CC3C2)ncn1. The van der Waals surface area contributed by atoms with Gasteiger partial charge in [-0.3, -0.25) is 4.79 Å². The number of sulfonamides is 1. The molecular weight excluding hydrogens is 366 g/mol. The summed E-state index contributed by atoms with van der Waals surface area (Å²) in [7, 11) is -3.15. The summed E-state index contributed by atoms with van der Waals surface area (Å²) < 4.78 is 24.8. The van der Waals surface area contributed by atoms with Gasteiger partial charge in [-0.1, -0.05) is 0 Å². The predicted molar refractivity (Wildman–Crippen MR) is 102 cm³/mol. The van der Waals surface area contributed by atoms with Crippen LogP contribution in [0, 0.1) is 24.7 Å². The minimum Gasteiger partial charge on any atom is -0.356 e. The van der Waals surface area contributed by atoms with Crippen molar-refractivity contribution in [3.63, 3.8) is 0 Å². The van der Waals surface area contributed by atoms with Crippen LogP contribution in [-0.2, 0) is 14.8 Å². The number of hydrogen-bond donors (Lipinski definition) is 0. The van der Waals surface area contributed by atoms with Gasteiger partial charge in [-0.05, 0) is 19.8 Å². The normalized spacial score (nSPS) is 27.2. The molecule has 2 atom stereocenters. The van der Waals surface area contributed by atoms with E-state index in [1.165, 1.54) is 10.6 Å². The van der Waals surface area contributed by atoms with E-state index < -0.39 is 10.0 Å². The third kappa shape index (κ3) is 3.80. The van der Waals surface area contributed by atoms with E-state index in [4.69, 9.17) is 0 Å². The van der Waals surface area contributed by atoms with E-state index in [1.54, 1.807) is 6.33 Å². The smallest absolute Gasteiger partial charge is 0.225 e. The van der Waals surface area contributed by atoms with Gasteiger partial charge in [0, 0.05) is 68.8 Å². The fourth-order valence-electron chi connectivity index (χ4n) is 4.67. The number of rotatable bonds is 3. The molecule has 3 aliphatic heterocycles. The zero-order valence-corrected chi connectivity index (χ0v) is 16.7. The molecule has 2 unspecified atom stereocenters. The van der Waals surface area contributed by atoms with E-state index in [0.717, 1.165) is 37.7 Å². The largest absolute Gasteiger partial charge is 0.356 e. The lowest BCUT2D eigenvalue weighted by Crippen LogP contribution is -2.44. The number of aryl methyl sites for hydroxylation is 1. The monoisotopic (exact) mass is 393 g/mol. The maximum absolute atomic E-state index is 12.9. The maximum atomic E-state index is 12.9. The van der Waals surface area contributed by atoms with E-state index >= 15 is 0 Å². The van der Waals surface area contributed by atoms with Crippen LogP contribution in [0.1, 0.15) is 18.5 Å². The van der Waals surface area contributed by atoms with Crippen LogP contribution in [0.15, 0.2) is 12.4 Å². The maximum Gasteiger partial charge on any atom is 0.225 e. The topological polar surface area (TPSA) is 86.7 Å². The van der Waals surface area contributed by atoms with Crippen molar-refractivity contribution in [1.82, 2.24) is 19.2 Å². The Bertz CT molecular complexity index is 808. The van der Waals surface area contributed by atoms with Gasteiger partial charge in [-0.2, -0.15) is 0 Å². The fraction of sp³-hybridized carbons (Fsp3) is 0.722. The van der Waals surface area contributed by atoms with E-state index in [9.17, 15) is 13.2 Å². The van der Waals surface area contributed by atoms with Gasteiger partial charge in [0.05, 0.1) is 6.26 Å². The van der Waals surface area contributed by atoms with Crippen LogP contribution >= 0.6 is 0 Å². The van der Waals surface area contributed by atoms with Crippen LogP contribution in [-0.4, -0.2) is 79.0 Å². The van der Waals surface area contributed by atoms with E-state index in [-0.39, 0.29) is 11.8 Å². The molecule has 3 saturated heterocycles. The molecule has 4 heterocycles. The molecule has 1 aromatic rings. The molecule has 0 aromatic carbocycles. The summed E-state index contributed by atoms with van der Waals surface area (Å²) in [6, 6.07) is 2.01. The number of fused-ring (bicyclic) bond motifs is 1. The molecule has 0 radical (unpaired) electrons. The summed E-state index contributed by atoms with van der Waals surface area (Å²) in [6.07, 6.45) is 4.10. The van der Waals surface area contributed by atoms with Crippen molar-refractivity contribution in [2.45, 2.75) is 19.8 Å². The standard InChI is InChI=1S/C18H27N5O3S/c1-13-7-17(20-12-19-13)21-8-15-10-22(11-16(15)9-21)18(24)14-3-5-23(6-4-14)27(2,25)26/h7,12,14-16H,3-6,8-11H2,1-2H3. The fourth-order valence-corrected chi connectivity index (χ4v) is 5.54. The zero-order chi connectivity index (χ0) is 19.2. The van der Waals surface area contributed by atoms with Crippen molar-refractivity contribution < 1.29 is 13.2 Å². The Morgan fingerprint density at radius 3 is 2.26 bits per heavy atom. The van der Waals surface area contributed by atoms with Gasteiger partial charge < -0.3 is 9.80 Å². The second kappa shape index (κ2) is 7.01. The molecule has 0 aliphatic carbocycles. The molecule has 0 bridgehead atoms. The van der Waals surface area contributed by atoms with Gasteiger partial charge in [0.2, 0.25) is 15.9 Å². The van der Waals surface area contributed by atoms with Crippen LogP contribution < -0.4 is 4.90 Å². The summed E-state index contributed by atoms with van der Waals surface area (Å²) in [5, 5.41) is 0. The second-order valence-electron chi connectivity index (χ2n) is 8.12. The average Bonchev–Trinajstić information content (AvgIpc) is 3.19. The first-order valence-corrected chi connectivity index (χ1v) is 11.4. The summed E-state index contributed by atoms with van der Waals surface area (Å²) in [5.41, 5.74) is 0.967. The number of amides is 1. The Morgan fingerprint density at radius 1 is 1.07 bits per heavy atom. The molecule has 27 heavy (non-hydrogen) atoms. The van der Waals surface area contributed by atoms with Gasteiger partial charge in [0.25, 0.3) is 0 Å². The summed E-state index contributed by atoms with van der Waals surface area (Å²) >= 11 is 0. The van der Waals surface area contributed by atoms with Crippen molar-refractivity contribution in [2.75, 3.05) is 50.4 Å². The molecule has 0 saturated carbocycles. The van der Waals surface area contributed by atoms with Crippen LogP contribution in [0.2, 0.25) is 0 Å². The van der Waals surface area contributed by atoms with E-state index in [2.05, 4.69) is 14.9 Å². The van der Waals surface area contributed by atoms with Gasteiger partial charge in [0.15, 0.2) is 0 Å². The lowest BCUT2D eigenvalue weighted by Gasteiger charge is -2.32. The van der Waals surface area contributed by atoms with Crippen molar-refractivity contribution in [2.24, 2.45) is 17.8 Å². The highest BCUT2D eigenvalue weighted by Gasteiger charge is 2.43. The van der Waals surface area contributed by atoms with Gasteiger partial charge in [-0.15, -0.1) is 0 Å². The average molecular weight is 394 g/mol. The first kappa shape index (κ1) is 18.6. The van der Waals surface area contributed by atoms with Gasteiger partial charge in [0.1, 0.15) is 12.1 Å². The number of aromatic nitrogens is 2. The van der Waals surface area contributed by atoms with Gasteiger partial charge in [-0.25, -0.2) is 22.7 Å². The number of carbonyl (C=O) groups is 1. The number of carbonyl (C=O) groups excluding carboxylic acids is 1. The number of likely N-dealkylation sites (tertiary alicyclic amines) is 1. The highest BCUT2D eigenvalue weighted by molar-refractivity contribution is 7.88. The molecular formula is C18H27N5O3S. The third-order valence-electron chi connectivity index (χ3n) is 6.18. The number of piperidine rings is 1. The van der Waals surface area contributed by atoms with Crippen molar-refractivity contribution >= 4 is 21.7 Å². The minimum absolute atomic E-state index is 0.0394. The lowest BCUT2D eigenvalue weighted by molar-refractivity contribution is -0.135. The van der Waals surface area contributed by atoms with Crippen LogP contribution in [0.25, 0.3) is 0 Å². The molecule has 0 N–H and O–H groups in total. The second-order valence-corrected chi connectivity index (χ2v) is 10.1. The summed E-state index contributed by atoms with van der Waals surface area (Å²) in [6.45, 7) is 6.34. The molecule has 4 rings (SSSR count). The first-order chi connectivity index (χ1) is 12.8. The quantitative estimate of drug-likeness (QED) is 0.737. The van der Waals surface area contributed by atoms with Crippen LogP contribution in [0.4, 0.5) is 5.82 Å². The zero-order valence-electron chi connectivity index (χ0n) is 15.9. The number of anilines is 1. The number of hydrogen-bond acceptors (Lipinski definition) is 6. The highest BCUT2D eigenvalue weighted by atomic mass is 32.2. The van der Waals surface area contributed by atoms with Crippen LogP contribution in [0.3, 0.4) is 0 Å². The molecule has 148 valence electrons. The molecule has 3 fully saturated rings. The molecule has 1 aromatic heterocycles. The lowest BCUT2D eigenvalue weighted by atomic mass is 9.96. The third-order valence-corrected chi connectivity index (χ3v) is 7.49. The van der Waals surface area contributed by atoms with E-state index in [1.807, 2.05) is 17.9 Å². The first-order valence-electron chi connectivity index (χ1n) is 9.59. The van der Waals surface area contributed by atoms with Crippen molar-refractivity contribution in [3.8, 4) is 0 Å². The highest BCUT2D eigenvalue weighted by Crippen LogP contribution is 2.34. The Balaban J connectivity index is 1.32. The Labute approximate surface area is 160 Å². The van der Waals surface area contributed by atoms with Crippen molar-refractivity contribution in [1.29, 1.82) is 0 Å². The number of nitrogens with zero attached hydrogens (tertiary/aromatic N) is 5. The molecule has 8 nitrogen and oxygen atoms in total. The molecule has 1 amide bonds. The Hall–Kier alpha value is -1.74. The Kier molecular flexibility index (Phi) is 4.84. The molecule has 9 heteroatoms. The molecule has 0 spiro atoms.